The number of carbonyl (C=O) groups excluding carboxylic acids is 1. The van der Waals surface area contributed by atoms with Crippen molar-refractivity contribution in [3.8, 4) is 0 Å². The van der Waals surface area contributed by atoms with Gasteiger partial charge in [0.1, 0.15) is 11.5 Å². The van der Waals surface area contributed by atoms with Gasteiger partial charge in [-0.05, 0) is 28.1 Å². The van der Waals surface area contributed by atoms with E-state index in [4.69, 9.17) is 0 Å². The molecule has 0 unspecified atom stereocenters. The standard InChI is InChI=1S/C16H23BrFN3O/c1-15(2,3)14(22)20-11-16(18)6-9-21(10-7-16)13-12(17)5-4-8-19-13/h4-5,8H,6-7,9-11H2,1-3H3,(H,20,22). The third-order valence-electron chi connectivity index (χ3n) is 3.95. The van der Waals surface area contributed by atoms with Gasteiger partial charge in [-0.15, -0.1) is 0 Å². The monoisotopic (exact) mass is 371 g/mol. The summed E-state index contributed by atoms with van der Waals surface area (Å²) in [5.74, 6) is 0.739. The van der Waals surface area contributed by atoms with E-state index in [1.165, 1.54) is 0 Å². The Kier molecular flexibility index (Phi) is 5.10. The van der Waals surface area contributed by atoms with Crippen LogP contribution in [0.15, 0.2) is 22.8 Å². The molecule has 1 amide bonds. The highest BCUT2D eigenvalue weighted by molar-refractivity contribution is 9.10. The molecule has 1 saturated heterocycles. The van der Waals surface area contributed by atoms with E-state index in [-0.39, 0.29) is 12.5 Å². The lowest BCUT2D eigenvalue weighted by Crippen LogP contribution is -2.50. The average Bonchev–Trinajstić information content (AvgIpc) is 2.46. The third-order valence-corrected chi connectivity index (χ3v) is 4.56. The number of aromatic nitrogens is 1. The molecule has 1 aliphatic heterocycles. The molecule has 1 fully saturated rings. The van der Waals surface area contributed by atoms with E-state index in [0.717, 1.165) is 10.3 Å². The second-order valence-electron chi connectivity index (χ2n) is 6.88. The zero-order chi connectivity index (χ0) is 16.4. The van der Waals surface area contributed by atoms with Gasteiger partial charge in [-0.1, -0.05) is 20.8 Å². The molecule has 0 saturated carbocycles. The van der Waals surface area contributed by atoms with E-state index in [1.54, 1.807) is 6.20 Å². The Labute approximate surface area is 139 Å². The fourth-order valence-electron chi connectivity index (χ4n) is 2.41. The molecule has 122 valence electrons. The molecular weight excluding hydrogens is 349 g/mol. The molecule has 2 heterocycles. The number of anilines is 1. The Balaban J connectivity index is 1.91. The van der Waals surface area contributed by atoms with Gasteiger partial charge in [0.25, 0.3) is 0 Å². The second-order valence-corrected chi connectivity index (χ2v) is 7.73. The number of amides is 1. The van der Waals surface area contributed by atoms with Crippen LogP contribution in [0.1, 0.15) is 33.6 Å². The summed E-state index contributed by atoms with van der Waals surface area (Å²) < 4.78 is 15.8. The predicted molar refractivity (Wildman–Crippen MR) is 89.7 cm³/mol. The summed E-state index contributed by atoms with van der Waals surface area (Å²) in [5, 5.41) is 2.74. The summed E-state index contributed by atoms with van der Waals surface area (Å²) in [6.45, 7) is 6.76. The van der Waals surface area contributed by atoms with E-state index >= 15 is 0 Å². The number of nitrogens with zero attached hydrogens (tertiary/aromatic N) is 2. The van der Waals surface area contributed by atoms with Crippen molar-refractivity contribution >= 4 is 27.7 Å². The maximum absolute atomic E-state index is 14.8. The summed E-state index contributed by atoms with van der Waals surface area (Å²) in [4.78, 5) is 18.3. The number of piperidine rings is 1. The SMILES string of the molecule is CC(C)(C)C(=O)NCC1(F)CCN(c2ncccc2Br)CC1. The van der Waals surface area contributed by atoms with Gasteiger partial charge in [0, 0.05) is 37.5 Å². The number of nitrogens with one attached hydrogen (secondary N) is 1. The molecule has 0 radical (unpaired) electrons. The maximum atomic E-state index is 14.8. The average molecular weight is 372 g/mol. The molecule has 1 aromatic heterocycles. The zero-order valence-electron chi connectivity index (χ0n) is 13.3. The Bertz CT molecular complexity index is 536. The molecule has 6 heteroatoms. The van der Waals surface area contributed by atoms with Crippen molar-refractivity contribution < 1.29 is 9.18 Å². The van der Waals surface area contributed by atoms with E-state index in [2.05, 4.69) is 31.1 Å². The highest BCUT2D eigenvalue weighted by Gasteiger charge is 2.36. The van der Waals surface area contributed by atoms with Crippen molar-refractivity contribution in [2.45, 2.75) is 39.3 Å². The molecule has 22 heavy (non-hydrogen) atoms. The Morgan fingerprint density at radius 2 is 2.09 bits per heavy atom. The number of halogens is 2. The Morgan fingerprint density at radius 1 is 1.45 bits per heavy atom. The van der Waals surface area contributed by atoms with E-state index in [1.807, 2.05) is 32.9 Å². The van der Waals surface area contributed by atoms with Crippen LogP contribution in [0.2, 0.25) is 0 Å². The summed E-state index contributed by atoms with van der Waals surface area (Å²) in [5.41, 5.74) is -1.82. The smallest absolute Gasteiger partial charge is 0.225 e. The predicted octanol–water partition coefficient (Wildman–Crippen LogP) is 3.31. The third kappa shape index (κ3) is 4.18. The van der Waals surface area contributed by atoms with Gasteiger partial charge < -0.3 is 10.2 Å². The van der Waals surface area contributed by atoms with Gasteiger partial charge in [0.15, 0.2) is 0 Å². The van der Waals surface area contributed by atoms with Crippen molar-refractivity contribution in [1.82, 2.24) is 10.3 Å². The minimum Gasteiger partial charge on any atom is -0.355 e. The van der Waals surface area contributed by atoms with Crippen LogP contribution >= 0.6 is 15.9 Å². The molecule has 1 aliphatic rings. The van der Waals surface area contributed by atoms with Crippen molar-refractivity contribution in [3.63, 3.8) is 0 Å². The van der Waals surface area contributed by atoms with Crippen LogP contribution in [0.3, 0.4) is 0 Å². The number of alkyl halides is 1. The summed E-state index contributed by atoms with van der Waals surface area (Å²) in [6, 6.07) is 3.79. The second kappa shape index (κ2) is 6.52. The normalized spacial score (nSPS) is 18.1. The van der Waals surface area contributed by atoms with Crippen molar-refractivity contribution in [2.24, 2.45) is 5.41 Å². The van der Waals surface area contributed by atoms with Gasteiger partial charge in [0.05, 0.1) is 11.0 Å². The van der Waals surface area contributed by atoms with E-state index in [9.17, 15) is 9.18 Å². The van der Waals surface area contributed by atoms with E-state index < -0.39 is 11.1 Å². The molecule has 1 N–H and O–H groups in total. The summed E-state index contributed by atoms with van der Waals surface area (Å²) >= 11 is 3.48. The van der Waals surface area contributed by atoms with Crippen molar-refractivity contribution in [1.29, 1.82) is 0 Å². The first-order chi connectivity index (χ1) is 10.2. The quantitative estimate of drug-likeness (QED) is 0.886. The topological polar surface area (TPSA) is 45.2 Å². The lowest BCUT2D eigenvalue weighted by molar-refractivity contribution is -0.129. The zero-order valence-corrected chi connectivity index (χ0v) is 14.9. The molecule has 0 spiro atoms. The van der Waals surface area contributed by atoms with Crippen LogP contribution in [0.4, 0.5) is 10.2 Å². The van der Waals surface area contributed by atoms with Gasteiger partial charge in [-0.2, -0.15) is 0 Å². The number of rotatable bonds is 3. The molecule has 0 bridgehead atoms. The first-order valence-electron chi connectivity index (χ1n) is 7.54. The molecule has 2 rings (SSSR count). The van der Waals surface area contributed by atoms with Crippen LogP contribution in [-0.2, 0) is 4.79 Å². The number of carbonyl (C=O) groups is 1. The molecule has 0 aromatic carbocycles. The number of hydrogen-bond acceptors (Lipinski definition) is 3. The number of pyridine rings is 1. The molecule has 0 atom stereocenters. The van der Waals surface area contributed by atoms with Crippen LogP contribution < -0.4 is 10.2 Å². The first-order valence-corrected chi connectivity index (χ1v) is 8.33. The largest absolute Gasteiger partial charge is 0.355 e. The fourth-order valence-corrected chi connectivity index (χ4v) is 2.92. The highest BCUT2D eigenvalue weighted by Crippen LogP contribution is 2.31. The summed E-state index contributed by atoms with van der Waals surface area (Å²) in [7, 11) is 0. The lowest BCUT2D eigenvalue weighted by Gasteiger charge is -2.37. The molecule has 1 aromatic rings. The van der Waals surface area contributed by atoms with E-state index in [0.29, 0.717) is 25.9 Å². The van der Waals surface area contributed by atoms with Crippen LogP contribution in [-0.4, -0.2) is 36.2 Å². The maximum Gasteiger partial charge on any atom is 0.225 e. The Morgan fingerprint density at radius 3 is 2.64 bits per heavy atom. The van der Waals surface area contributed by atoms with Gasteiger partial charge >= 0.3 is 0 Å². The lowest BCUT2D eigenvalue weighted by atomic mass is 9.91. The van der Waals surface area contributed by atoms with Crippen molar-refractivity contribution in [3.05, 3.63) is 22.8 Å². The molecular formula is C16H23BrFN3O. The van der Waals surface area contributed by atoms with Crippen LogP contribution in [0.5, 0.6) is 0 Å². The Hall–Kier alpha value is -1.17. The van der Waals surface area contributed by atoms with Crippen molar-refractivity contribution in [2.75, 3.05) is 24.5 Å². The van der Waals surface area contributed by atoms with Crippen LogP contribution in [0.25, 0.3) is 0 Å². The fraction of sp³-hybridized carbons (Fsp3) is 0.625. The highest BCUT2D eigenvalue weighted by atomic mass is 79.9. The summed E-state index contributed by atoms with van der Waals surface area (Å²) in [6.07, 6.45) is 2.52. The van der Waals surface area contributed by atoms with Crippen LogP contribution in [0, 0.1) is 5.41 Å². The minimum atomic E-state index is -1.33. The first kappa shape index (κ1) is 17.2. The minimum absolute atomic E-state index is 0.0837. The van der Waals surface area contributed by atoms with Gasteiger partial charge in [-0.25, -0.2) is 9.37 Å². The van der Waals surface area contributed by atoms with Gasteiger partial charge in [0.2, 0.25) is 5.91 Å². The molecule has 4 nitrogen and oxygen atoms in total. The molecule has 0 aliphatic carbocycles. The number of hydrogen-bond donors (Lipinski definition) is 1. The van der Waals surface area contributed by atoms with Gasteiger partial charge in [-0.3, -0.25) is 4.79 Å².